The van der Waals surface area contributed by atoms with Gasteiger partial charge in [0.1, 0.15) is 0 Å². The Morgan fingerprint density at radius 3 is 2.82 bits per heavy atom. The largest absolute Gasteiger partial charge is 0.396 e. The maximum Gasteiger partial charge on any atom is 0.0601 e. The average Bonchev–Trinajstić information content (AvgIpc) is 2.05. The van der Waals surface area contributed by atoms with Crippen LogP contribution in [0.1, 0.15) is 26.7 Å². The molecule has 66 valence electrons. The third kappa shape index (κ3) is 2.46. The zero-order chi connectivity index (χ0) is 8.27. The molecular weight excluding hydrogens is 140 g/mol. The molecule has 0 radical (unpaired) electrons. The summed E-state index contributed by atoms with van der Waals surface area (Å²) in [5.41, 5.74) is 0. The normalized spacial score (nSPS) is 32.7. The minimum absolute atomic E-state index is 0.326. The van der Waals surface area contributed by atoms with Gasteiger partial charge in [0.05, 0.1) is 6.10 Å². The fourth-order valence-corrected chi connectivity index (χ4v) is 1.53. The summed E-state index contributed by atoms with van der Waals surface area (Å²) in [7, 11) is 0. The fraction of sp³-hybridized carbons (Fsp3) is 1.00. The SMILES string of the molecule is CC(C)[C@@H]1C[C@H](CO)CCO1. The van der Waals surface area contributed by atoms with Crippen LogP contribution >= 0.6 is 0 Å². The van der Waals surface area contributed by atoms with Gasteiger partial charge in [-0.1, -0.05) is 13.8 Å². The summed E-state index contributed by atoms with van der Waals surface area (Å²) < 4.78 is 5.56. The standard InChI is InChI=1S/C9H18O2/c1-7(2)9-5-8(6-10)3-4-11-9/h7-10H,3-6H2,1-2H3/t8-,9+/m1/s1. The van der Waals surface area contributed by atoms with E-state index in [2.05, 4.69) is 13.8 Å². The molecule has 0 amide bonds. The van der Waals surface area contributed by atoms with E-state index in [4.69, 9.17) is 9.84 Å². The van der Waals surface area contributed by atoms with E-state index in [9.17, 15) is 0 Å². The molecule has 1 rings (SSSR count). The van der Waals surface area contributed by atoms with E-state index in [0.717, 1.165) is 19.4 Å². The van der Waals surface area contributed by atoms with Gasteiger partial charge in [0.15, 0.2) is 0 Å². The van der Waals surface area contributed by atoms with Crippen LogP contribution in [-0.2, 0) is 4.74 Å². The first-order valence-corrected chi connectivity index (χ1v) is 4.46. The van der Waals surface area contributed by atoms with Gasteiger partial charge in [-0.3, -0.25) is 0 Å². The van der Waals surface area contributed by atoms with E-state index in [1.165, 1.54) is 0 Å². The zero-order valence-electron chi connectivity index (χ0n) is 7.42. The first-order valence-electron chi connectivity index (χ1n) is 4.46. The number of ether oxygens (including phenoxy) is 1. The topological polar surface area (TPSA) is 29.5 Å². The van der Waals surface area contributed by atoms with Gasteiger partial charge < -0.3 is 9.84 Å². The van der Waals surface area contributed by atoms with Crippen molar-refractivity contribution in [3.8, 4) is 0 Å². The van der Waals surface area contributed by atoms with Crippen molar-refractivity contribution in [2.45, 2.75) is 32.8 Å². The lowest BCUT2D eigenvalue weighted by atomic mass is 9.91. The van der Waals surface area contributed by atoms with Gasteiger partial charge in [-0.2, -0.15) is 0 Å². The van der Waals surface area contributed by atoms with Gasteiger partial charge in [-0.15, -0.1) is 0 Å². The van der Waals surface area contributed by atoms with Gasteiger partial charge in [0, 0.05) is 13.2 Å². The molecule has 0 aliphatic carbocycles. The third-order valence-corrected chi connectivity index (χ3v) is 2.43. The van der Waals surface area contributed by atoms with E-state index in [1.54, 1.807) is 0 Å². The van der Waals surface area contributed by atoms with Crippen molar-refractivity contribution < 1.29 is 9.84 Å². The molecule has 1 heterocycles. The molecule has 2 atom stereocenters. The molecule has 1 saturated heterocycles. The molecule has 1 aliphatic heterocycles. The average molecular weight is 158 g/mol. The molecule has 0 bridgehead atoms. The Morgan fingerprint density at radius 1 is 1.55 bits per heavy atom. The Bertz CT molecular complexity index is 112. The van der Waals surface area contributed by atoms with E-state index in [-0.39, 0.29) is 0 Å². The summed E-state index contributed by atoms with van der Waals surface area (Å²) in [4.78, 5) is 0. The van der Waals surface area contributed by atoms with E-state index in [0.29, 0.717) is 24.5 Å². The fourth-order valence-electron chi connectivity index (χ4n) is 1.53. The van der Waals surface area contributed by atoms with Crippen LogP contribution in [0.25, 0.3) is 0 Å². The van der Waals surface area contributed by atoms with Gasteiger partial charge in [-0.25, -0.2) is 0 Å². The Balaban J connectivity index is 2.33. The molecule has 1 N–H and O–H groups in total. The van der Waals surface area contributed by atoms with Crippen molar-refractivity contribution >= 4 is 0 Å². The molecule has 0 aromatic rings. The Kier molecular flexibility index (Phi) is 3.34. The van der Waals surface area contributed by atoms with E-state index >= 15 is 0 Å². The molecule has 1 fully saturated rings. The highest BCUT2D eigenvalue weighted by Crippen LogP contribution is 2.24. The van der Waals surface area contributed by atoms with Crippen LogP contribution in [0.2, 0.25) is 0 Å². The smallest absolute Gasteiger partial charge is 0.0601 e. The van der Waals surface area contributed by atoms with Crippen LogP contribution in [0.3, 0.4) is 0 Å². The second-order valence-corrected chi connectivity index (χ2v) is 3.73. The number of rotatable bonds is 2. The molecule has 2 heteroatoms. The van der Waals surface area contributed by atoms with Crippen LogP contribution in [0.5, 0.6) is 0 Å². The van der Waals surface area contributed by atoms with Crippen LogP contribution in [-0.4, -0.2) is 24.4 Å². The molecule has 1 aliphatic rings. The summed E-state index contributed by atoms with van der Waals surface area (Å²) in [5.74, 6) is 1.07. The highest BCUT2D eigenvalue weighted by atomic mass is 16.5. The second kappa shape index (κ2) is 4.07. The zero-order valence-corrected chi connectivity index (χ0v) is 7.42. The predicted octanol–water partition coefficient (Wildman–Crippen LogP) is 1.43. The highest BCUT2D eigenvalue weighted by Gasteiger charge is 2.23. The number of hydrogen-bond acceptors (Lipinski definition) is 2. The van der Waals surface area contributed by atoms with Gasteiger partial charge in [0.2, 0.25) is 0 Å². The van der Waals surface area contributed by atoms with Crippen molar-refractivity contribution in [3.05, 3.63) is 0 Å². The first-order chi connectivity index (χ1) is 5.24. The van der Waals surface area contributed by atoms with Gasteiger partial charge >= 0.3 is 0 Å². The molecule has 0 saturated carbocycles. The summed E-state index contributed by atoms with van der Waals surface area (Å²) in [5, 5.41) is 8.94. The minimum atomic E-state index is 0.326. The molecule has 0 aromatic heterocycles. The molecule has 2 nitrogen and oxygen atoms in total. The van der Waals surface area contributed by atoms with E-state index in [1.807, 2.05) is 0 Å². The van der Waals surface area contributed by atoms with Gasteiger partial charge in [-0.05, 0) is 24.7 Å². The minimum Gasteiger partial charge on any atom is -0.396 e. The Morgan fingerprint density at radius 2 is 2.27 bits per heavy atom. The lowest BCUT2D eigenvalue weighted by molar-refractivity contribution is -0.0438. The van der Waals surface area contributed by atoms with Crippen molar-refractivity contribution in [2.75, 3.05) is 13.2 Å². The Hall–Kier alpha value is -0.0800. The summed E-state index contributed by atoms with van der Waals surface area (Å²) in [6.07, 6.45) is 2.44. The maximum atomic E-state index is 8.94. The van der Waals surface area contributed by atoms with Crippen LogP contribution in [0, 0.1) is 11.8 Å². The summed E-state index contributed by atoms with van der Waals surface area (Å²) in [6.45, 7) is 5.50. The molecule has 0 aromatic carbocycles. The van der Waals surface area contributed by atoms with E-state index < -0.39 is 0 Å². The summed E-state index contributed by atoms with van der Waals surface area (Å²) >= 11 is 0. The highest BCUT2D eigenvalue weighted by molar-refractivity contribution is 4.73. The molecule has 0 spiro atoms. The summed E-state index contributed by atoms with van der Waals surface area (Å²) in [6, 6.07) is 0. The third-order valence-electron chi connectivity index (χ3n) is 2.43. The molecule has 11 heavy (non-hydrogen) atoms. The molecule has 0 unspecified atom stereocenters. The first kappa shape index (κ1) is 9.01. The maximum absolute atomic E-state index is 8.94. The number of aliphatic hydroxyl groups is 1. The van der Waals surface area contributed by atoms with Crippen LogP contribution in [0.4, 0.5) is 0 Å². The van der Waals surface area contributed by atoms with Gasteiger partial charge in [0.25, 0.3) is 0 Å². The number of hydrogen-bond donors (Lipinski definition) is 1. The monoisotopic (exact) mass is 158 g/mol. The lowest BCUT2D eigenvalue weighted by Crippen LogP contribution is -2.31. The lowest BCUT2D eigenvalue weighted by Gasteiger charge is -2.30. The van der Waals surface area contributed by atoms with Crippen LogP contribution in [0.15, 0.2) is 0 Å². The molecular formula is C9H18O2. The quantitative estimate of drug-likeness (QED) is 0.658. The predicted molar refractivity (Wildman–Crippen MR) is 44.4 cm³/mol. The van der Waals surface area contributed by atoms with Crippen molar-refractivity contribution in [1.29, 1.82) is 0 Å². The van der Waals surface area contributed by atoms with Crippen molar-refractivity contribution in [2.24, 2.45) is 11.8 Å². The van der Waals surface area contributed by atoms with Crippen molar-refractivity contribution in [3.63, 3.8) is 0 Å². The second-order valence-electron chi connectivity index (χ2n) is 3.73. The van der Waals surface area contributed by atoms with Crippen LogP contribution < -0.4 is 0 Å². The number of aliphatic hydroxyl groups excluding tert-OH is 1. The van der Waals surface area contributed by atoms with Crippen molar-refractivity contribution in [1.82, 2.24) is 0 Å². The Labute approximate surface area is 68.6 Å².